The molecule has 6 heteroatoms. The normalized spacial score (nSPS) is 10.5. The van der Waals surface area contributed by atoms with Crippen LogP contribution in [-0.2, 0) is 11.3 Å². The Labute approximate surface area is 157 Å². The van der Waals surface area contributed by atoms with Gasteiger partial charge >= 0.3 is 0 Å². The lowest BCUT2D eigenvalue weighted by atomic mass is 10.1. The second kappa shape index (κ2) is 8.40. The summed E-state index contributed by atoms with van der Waals surface area (Å²) in [5, 5.41) is 2.78. The van der Waals surface area contributed by atoms with Gasteiger partial charge in [0.05, 0.1) is 17.9 Å². The quantitative estimate of drug-likeness (QED) is 0.725. The average Bonchev–Trinajstić information content (AvgIpc) is 2.68. The number of carbonyl (C=O) groups excluding carboxylic acids is 1. The molecule has 5 nitrogen and oxygen atoms in total. The number of nitrogens with one attached hydrogen (secondary N) is 1. The highest BCUT2D eigenvalue weighted by atomic mass is 19.1. The van der Waals surface area contributed by atoms with Crippen molar-refractivity contribution in [1.29, 1.82) is 0 Å². The van der Waals surface area contributed by atoms with Gasteiger partial charge in [0.25, 0.3) is 5.91 Å². The predicted octanol–water partition coefficient (Wildman–Crippen LogP) is 3.59. The molecule has 0 saturated heterocycles. The molecule has 0 atom stereocenters. The van der Waals surface area contributed by atoms with E-state index in [-0.39, 0.29) is 24.9 Å². The van der Waals surface area contributed by atoms with E-state index >= 15 is 0 Å². The lowest BCUT2D eigenvalue weighted by Gasteiger charge is -2.10. The maximum absolute atomic E-state index is 13.0. The van der Waals surface area contributed by atoms with Gasteiger partial charge in [-0.05, 0) is 61.4 Å². The number of aryl methyl sites for hydroxylation is 2. The number of hydrogen-bond donors (Lipinski definition) is 1. The minimum absolute atomic E-state index is 0.0692. The first kappa shape index (κ1) is 18.5. The number of benzene rings is 2. The molecule has 0 radical (unpaired) electrons. The molecule has 0 fully saturated rings. The van der Waals surface area contributed by atoms with Crippen LogP contribution in [0.2, 0.25) is 0 Å². The van der Waals surface area contributed by atoms with Crippen molar-refractivity contribution in [2.24, 2.45) is 0 Å². The smallest absolute Gasteiger partial charge is 0.258 e. The Bertz CT molecular complexity index is 942. The highest BCUT2D eigenvalue weighted by Gasteiger charge is 2.07. The zero-order chi connectivity index (χ0) is 19.2. The van der Waals surface area contributed by atoms with Crippen LogP contribution in [0.5, 0.6) is 5.75 Å². The molecule has 0 unspecified atom stereocenters. The van der Waals surface area contributed by atoms with Gasteiger partial charge in [-0.25, -0.2) is 14.4 Å². The van der Waals surface area contributed by atoms with Crippen molar-refractivity contribution in [2.45, 2.75) is 20.4 Å². The van der Waals surface area contributed by atoms with Crippen LogP contribution >= 0.6 is 0 Å². The Morgan fingerprint density at radius 3 is 2.63 bits per heavy atom. The molecule has 3 rings (SSSR count). The first-order valence-electron chi connectivity index (χ1n) is 8.55. The third-order valence-electron chi connectivity index (χ3n) is 4.03. The van der Waals surface area contributed by atoms with Gasteiger partial charge in [0.15, 0.2) is 6.61 Å². The summed E-state index contributed by atoms with van der Waals surface area (Å²) in [6.07, 6.45) is 1.42. The van der Waals surface area contributed by atoms with Crippen LogP contribution in [0.15, 0.2) is 54.9 Å². The van der Waals surface area contributed by atoms with Gasteiger partial charge in [0.1, 0.15) is 17.9 Å². The summed E-state index contributed by atoms with van der Waals surface area (Å²) < 4.78 is 18.6. The van der Waals surface area contributed by atoms with Gasteiger partial charge < -0.3 is 10.1 Å². The predicted molar refractivity (Wildman–Crippen MR) is 101 cm³/mol. The molecular formula is C21H20FN3O2. The molecule has 27 heavy (non-hydrogen) atoms. The van der Waals surface area contributed by atoms with Crippen molar-refractivity contribution >= 4 is 5.91 Å². The number of rotatable bonds is 6. The molecule has 1 heterocycles. The summed E-state index contributed by atoms with van der Waals surface area (Å²) in [4.78, 5) is 20.4. The fourth-order valence-corrected chi connectivity index (χ4v) is 2.52. The molecule has 0 aliphatic heterocycles. The number of aromatic nitrogens is 2. The van der Waals surface area contributed by atoms with E-state index in [0.717, 1.165) is 16.7 Å². The summed E-state index contributed by atoms with van der Waals surface area (Å²) in [5.74, 6) is 0.160. The molecule has 1 amide bonds. The van der Waals surface area contributed by atoms with Crippen LogP contribution in [0.3, 0.4) is 0 Å². The number of nitrogens with zero attached hydrogens (tertiary/aromatic N) is 2. The van der Waals surface area contributed by atoms with E-state index in [1.165, 1.54) is 18.5 Å². The Hall–Kier alpha value is -3.28. The topological polar surface area (TPSA) is 64.1 Å². The number of hydrogen-bond acceptors (Lipinski definition) is 4. The third kappa shape index (κ3) is 5.10. The highest BCUT2D eigenvalue weighted by Crippen LogP contribution is 2.19. The molecule has 0 spiro atoms. The average molecular weight is 365 g/mol. The molecule has 1 N–H and O–H groups in total. The maximum atomic E-state index is 13.0. The standard InChI is InChI=1S/C21H20FN3O2/c1-14-3-4-15(2)20(9-14)27-12-21(26)23-11-18-10-19(25-13-24-18)16-5-7-17(22)8-6-16/h3-10,13H,11-12H2,1-2H3,(H,23,26). The zero-order valence-corrected chi connectivity index (χ0v) is 15.2. The Morgan fingerprint density at radius 2 is 1.85 bits per heavy atom. The molecule has 0 aliphatic carbocycles. The fourth-order valence-electron chi connectivity index (χ4n) is 2.52. The third-order valence-corrected chi connectivity index (χ3v) is 4.03. The fraction of sp³-hybridized carbons (Fsp3) is 0.190. The van der Waals surface area contributed by atoms with Crippen LogP contribution in [0.25, 0.3) is 11.3 Å². The first-order chi connectivity index (χ1) is 13.0. The van der Waals surface area contributed by atoms with Crippen molar-refractivity contribution in [3.63, 3.8) is 0 Å². The largest absolute Gasteiger partial charge is 0.483 e. The van der Waals surface area contributed by atoms with Gasteiger partial charge in [-0.3, -0.25) is 4.79 Å². The summed E-state index contributed by atoms with van der Waals surface area (Å²) in [7, 11) is 0. The Morgan fingerprint density at radius 1 is 1.07 bits per heavy atom. The van der Waals surface area contributed by atoms with Gasteiger partial charge in [-0.2, -0.15) is 0 Å². The second-order valence-electron chi connectivity index (χ2n) is 6.24. The lowest BCUT2D eigenvalue weighted by Crippen LogP contribution is -2.28. The molecule has 1 aromatic heterocycles. The Kier molecular flexibility index (Phi) is 5.76. The van der Waals surface area contributed by atoms with Gasteiger partial charge in [-0.1, -0.05) is 12.1 Å². The monoisotopic (exact) mass is 365 g/mol. The van der Waals surface area contributed by atoms with Gasteiger partial charge in [0, 0.05) is 5.56 Å². The summed E-state index contributed by atoms with van der Waals surface area (Å²) in [6, 6.07) is 13.7. The first-order valence-corrected chi connectivity index (χ1v) is 8.55. The van der Waals surface area contributed by atoms with E-state index in [2.05, 4.69) is 15.3 Å². The maximum Gasteiger partial charge on any atom is 0.258 e. The van der Waals surface area contributed by atoms with Crippen molar-refractivity contribution < 1.29 is 13.9 Å². The number of ether oxygens (including phenoxy) is 1. The number of carbonyl (C=O) groups is 1. The van der Waals surface area contributed by atoms with Crippen LogP contribution in [0.1, 0.15) is 16.8 Å². The van der Waals surface area contributed by atoms with Crippen molar-refractivity contribution in [2.75, 3.05) is 6.61 Å². The number of amides is 1. The highest BCUT2D eigenvalue weighted by molar-refractivity contribution is 5.77. The van der Waals surface area contributed by atoms with E-state index in [4.69, 9.17) is 4.74 Å². The van der Waals surface area contributed by atoms with Crippen molar-refractivity contribution in [3.8, 4) is 17.0 Å². The molecular weight excluding hydrogens is 345 g/mol. The van der Waals surface area contributed by atoms with Crippen molar-refractivity contribution in [1.82, 2.24) is 15.3 Å². The Balaban J connectivity index is 1.56. The molecule has 138 valence electrons. The van der Waals surface area contributed by atoms with Gasteiger partial charge in [-0.15, -0.1) is 0 Å². The second-order valence-corrected chi connectivity index (χ2v) is 6.24. The zero-order valence-electron chi connectivity index (χ0n) is 15.2. The lowest BCUT2D eigenvalue weighted by molar-refractivity contribution is -0.123. The van der Waals surface area contributed by atoms with E-state index in [9.17, 15) is 9.18 Å². The summed E-state index contributed by atoms with van der Waals surface area (Å²) in [5.41, 5.74) is 4.16. The summed E-state index contributed by atoms with van der Waals surface area (Å²) >= 11 is 0. The molecule has 0 bridgehead atoms. The molecule has 0 aliphatic rings. The van der Waals surface area contributed by atoms with Gasteiger partial charge in [0.2, 0.25) is 0 Å². The van der Waals surface area contributed by atoms with Crippen LogP contribution in [0, 0.1) is 19.7 Å². The van der Waals surface area contributed by atoms with Crippen LogP contribution < -0.4 is 10.1 Å². The minimum atomic E-state index is -0.302. The van der Waals surface area contributed by atoms with E-state index < -0.39 is 0 Å². The van der Waals surface area contributed by atoms with Crippen LogP contribution in [0.4, 0.5) is 4.39 Å². The summed E-state index contributed by atoms with van der Waals surface area (Å²) in [6.45, 7) is 4.09. The molecule has 0 saturated carbocycles. The molecule has 3 aromatic rings. The van der Waals surface area contributed by atoms with E-state index in [1.54, 1.807) is 18.2 Å². The minimum Gasteiger partial charge on any atom is -0.483 e. The van der Waals surface area contributed by atoms with E-state index in [1.807, 2.05) is 32.0 Å². The number of halogens is 1. The molecule has 2 aromatic carbocycles. The van der Waals surface area contributed by atoms with Crippen LogP contribution in [-0.4, -0.2) is 22.5 Å². The van der Waals surface area contributed by atoms with E-state index in [0.29, 0.717) is 17.1 Å². The van der Waals surface area contributed by atoms with Crippen molar-refractivity contribution in [3.05, 3.63) is 77.5 Å². The SMILES string of the molecule is Cc1ccc(C)c(OCC(=O)NCc2cc(-c3ccc(F)cc3)ncn2)c1.